The molecule has 6 nitrogen and oxygen atoms in total. The van der Waals surface area contributed by atoms with Crippen molar-refractivity contribution in [1.29, 1.82) is 0 Å². The van der Waals surface area contributed by atoms with Gasteiger partial charge in [-0.25, -0.2) is 9.37 Å². The topological polar surface area (TPSA) is 62.6 Å². The predicted molar refractivity (Wildman–Crippen MR) is 118 cm³/mol. The van der Waals surface area contributed by atoms with Crippen LogP contribution in [0.4, 0.5) is 4.39 Å². The lowest BCUT2D eigenvalue weighted by Crippen LogP contribution is -2.04. The molecule has 7 heteroatoms. The Balaban J connectivity index is 1.73. The first-order valence-electron chi connectivity index (χ1n) is 10.6. The summed E-state index contributed by atoms with van der Waals surface area (Å²) in [6, 6.07) is 12.2. The number of esters is 1. The third kappa shape index (κ3) is 6.28. The maximum atomic E-state index is 13.4. The molecule has 31 heavy (non-hydrogen) atoms. The van der Waals surface area contributed by atoms with Crippen LogP contribution in [0.5, 0.6) is 5.75 Å². The van der Waals surface area contributed by atoms with Crippen LogP contribution in [0, 0.1) is 5.82 Å². The number of ether oxygens (including phenoxy) is 3. The van der Waals surface area contributed by atoms with E-state index >= 15 is 0 Å². The molecule has 0 spiro atoms. The van der Waals surface area contributed by atoms with Gasteiger partial charge >= 0.3 is 5.97 Å². The summed E-state index contributed by atoms with van der Waals surface area (Å²) in [6.07, 6.45) is 3.84. The van der Waals surface area contributed by atoms with E-state index in [-0.39, 0.29) is 11.8 Å². The van der Waals surface area contributed by atoms with Gasteiger partial charge in [-0.1, -0.05) is 0 Å². The zero-order valence-corrected chi connectivity index (χ0v) is 18.1. The van der Waals surface area contributed by atoms with Gasteiger partial charge in [0, 0.05) is 38.3 Å². The molecule has 2 aromatic carbocycles. The van der Waals surface area contributed by atoms with Crippen LogP contribution in [0.25, 0.3) is 22.4 Å². The van der Waals surface area contributed by atoms with E-state index in [4.69, 9.17) is 14.5 Å². The molecule has 0 N–H and O–H groups in total. The van der Waals surface area contributed by atoms with Gasteiger partial charge in [0.05, 0.1) is 24.8 Å². The average molecular weight is 429 g/mol. The highest BCUT2D eigenvalue weighted by Crippen LogP contribution is 2.28. The summed E-state index contributed by atoms with van der Waals surface area (Å²) in [5.41, 5.74) is 2.70. The smallest absolute Gasteiger partial charge is 0.305 e. The fourth-order valence-electron chi connectivity index (χ4n) is 3.45. The van der Waals surface area contributed by atoms with Gasteiger partial charge in [-0.05, 0) is 62.1 Å². The Morgan fingerprint density at radius 2 is 1.81 bits per heavy atom. The number of carbonyl (C=O) groups is 1. The van der Waals surface area contributed by atoms with E-state index in [0.717, 1.165) is 60.4 Å². The minimum Gasteiger partial charge on any atom is -0.494 e. The van der Waals surface area contributed by atoms with Crippen molar-refractivity contribution in [2.75, 3.05) is 27.4 Å². The number of aromatic nitrogens is 2. The number of rotatable bonds is 12. The summed E-state index contributed by atoms with van der Waals surface area (Å²) < 4.78 is 31.3. The second-order valence-corrected chi connectivity index (χ2v) is 7.33. The van der Waals surface area contributed by atoms with Crippen molar-refractivity contribution in [3.05, 3.63) is 48.3 Å². The monoisotopic (exact) mass is 428 g/mol. The number of aryl methyl sites for hydroxylation is 1. The number of fused-ring (bicyclic) bond motifs is 1. The van der Waals surface area contributed by atoms with E-state index in [1.807, 2.05) is 18.2 Å². The van der Waals surface area contributed by atoms with Gasteiger partial charge in [-0.3, -0.25) is 4.79 Å². The van der Waals surface area contributed by atoms with E-state index < -0.39 is 0 Å². The minimum absolute atomic E-state index is 0.176. The van der Waals surface area contributed by atoms with Crippen LogP contribution in [0.3, 0.4) is 0 Å². The molecule has 3 rings (SSSR count). The number of hydrogen-bond acceptors (Lipinski definition) is 5. The van der Waals surface area contributed by atoms with Crippen LogP contribution in [0.15, 0.2) is 42.5 Å². The average Bonchev–Trinajstić information content (AvgIpc) is 3.14. The second-order valence-electron chi connectivity index (χ2n) is 7.33. The van der Waals surface area contributed by atoms with Crippen molar-refractivity contribution in [3.8, 4) is 17.1 Å². The second kappa shape index (κ2) is 11.5. The number of unbranched alkanes of at least 4 members (excludes halogenated alkanes) is 2. The molecule has 0 bridgehead atoms. The molecule has 0 aliphatic carbocycles. The molecule has 0 saturated carbocycles. The summed E-state index contributed by atoms with van der Waals surface area (Å²) in [6.45, 7) is 1.95. The Hall–Kier alpha value is -2.93. The lowest BCUT2D eigenvalue weighted by molar-refractivity contribution is -0.140. The summed E-state index contributed by atoms with van der Waals surface area (Å²) in [5.74, 6) is 1.13. The SMILES string of the molecule is COCCCn1c(-c2ccc(F)cc2)nc2ccc(OCCCCCC(=O)OC)cc21. The molecule has 0 atom stereocenters. The molecule has 1 heterocycles. The summed E-state index contributed by atoms with van der Waals surface area (Å²) in [5, 5.41) is 0. The van der Waals surface area contributed by atoms with Crippen molar-refractivity contribution in [3.63, 3.8) is 0 Å². The molecular weight excluding hydrogens is 399 g/mol. The number of imidazole rings is 1. The largest absolute Gasteiger partial charge is 0.494 e. The number of methoxy groups -OCH3 is 2. The molecule has 0 fully saturated rings. The molecule has 0 unspecified atom stereocenters. The Kier molecular flexibility index (Phi) is 8.41. The van der Waals surface area contributed by atoms with Crippen LogP contribution >= 0.6 is 0 Å². The van der Waals surface area contributed by atoms with E-state index in [1.165, 1.54) is 19.2 Å². The Morgan fingerprint density at radius 1 is 1.00 bits per heavy atom. The molecule has 1 aromatic heterocycles. The van der Waals surface area contributed by atoms with Crippen LogP contribution in [-0.4, -0.2) is 43.0 Å². The summed E-state index contributed by atoms with van der Waals surface area (Å²) in [4.78, 5) is 15.9. The highest BCUT2D eigenvalue weighted by atomic mass is 19.1. The Morgan fingerprint density at radius 3 is 2.55 bits per heavy atom. The zero-order chi connectivity index (χ0) is 22.1. The van der Waals surface area contributed by atoms with Crippen molar-refractivity contribution >= 4 is 17.0 Å². The van der Waals surface area contributed by atoms with Gasteiger partial charge in [0.25, 0.3) is 0 Å². The third-order valence-electron chi connectivity index (χ3n) is 5.07. The van der Waals surface area contributed by atoms with Crippen LogP contribution in [0.2, 0.25) is 0 Å². The number of halogens is 1. The first kappa shape index (κ1) is 22.7. The Labute approximate surface area is 181 Å². The first-order valence-corrected chi connectivity index (χ1v) is 10.6. The standard InChI is InChI=1S/C24H29FN2O4/c1-29-15-6-14-27-22-17-20(31-16-5-3-4-7-23(28)30-2)12-13-21(22)26-24(27)18-8-10-19(25)11-9-18/h8-13,17H,3-7,14-16H2,1-2H3. The maximum absolute atomic E-state index is 13.4. The summed E-state index contributed by atoms with van der Waals surface area (Å²) >= 11 is 0. The van der Waals surface area contributed by atoms with E-state index in [1.54, 1.807) is 19.2 Å². The van der Waals surface area contributed by atoms with Gasteiger partial charge in [-0.2, -0.15) is 0 Å². The normalized spacial score (nSPS) is 11.1. The Bertz CT molecular complexity index is 985. The van der Waals surface area contributed by atoms with E-state index in [2.05, 4.69) is 9.30 Å². The fraction of sp³-hybridized carbons (Fsp3) is 0.417. The van der Waals surface area contributed by atoms with Gasteiger partial charge < -0.3 is 18.8 Å². The number of carbonyl (C=O) groups excluding carboxylic acids is 1. The highest BCUT2D eigenvalue weighted by molar-refractivity contribution is 5.82. The van der Waals surface area contributed by atoms with Gasteiger partial charge in [0.15, 0.2) is 0 Å². The van der Waals surface area contributed by atoms with E-state index in [9.17, 15) is 9.18 Å². The van der Waals surface area contributed by atoms with Crippen molar-refractivity contribution in [2.24, 2.45) is 0 Å². The van der Waals surface area contributed by atoms with Crippen LogP contribution in [-0.2, 0) is 20.8 Å². The zero-order valence-electron chi connectivity index (χ0n) is 18.1. The van der Waals surface area contributed by atoms with Crippen molar-refractivity contribution < 1.29 is 23.4 Å². The fourth-order valence-corrected chi connectivity index (χ4v) is 3.45. The molecule has 166 valence electrons. The molecule has 0 aliphatic rings. The first-order chi connectivity index (χ1) is 15.1. The molecule has 0 radical (unpaired) electrons. The van der Waals surface area contributed by atoms with Crippen LogP contribution < -0.4 is 4.74 Å². The highest BCUT2D eigenvalue weighted by Gasteiger charge is 2.14. The van der Waals surface area contributed by atoms with Gasteiger partial charge in [-0.15, -0.1) is 0 Å². The maximum Gasteiger partial charge on any atom is 0.305 e. The van der Waals surface area contributed by atoms with E-state index in [0.29, 0.717) is 19.6 Å². The van der Waals surface area contributed by atoms with Crippen LogP contribution in [0.1, 0.15) is 32.1 Å². The van der Waals surface area contributed by atoms with Crippen molar-refractivity contribution in [1.82, 2.24) is 9.55 Å². The molecule has 0 amide bonds. The lowest BCUT2D eigenvalue weighted by Gasteiger charge is -2.10. The van der Waals surface area contributed by atoms with Gasteiger partial charge in [0.1, 0.15) is 17.4 Å². The molecular formula is C24H29FN2O4. The quantitative estimate of drug-likeness (QED) is 0.300. The molecule has 0 saturated heterocycles. The number of nitrogens with zero attached hydrogens (tertiary/aromatic N) is 2. The minimum atomic E-state index is -0.270. The van der Waals surface area contributed by atoms with Gasteiger partial charge in [0.2, 0.25) is 0 Å². The molecule has 3 aromatic rings. The summed E-state index contributed by atoms with van der Waals surface area (Å²) in [7, 11) is 3.09. The predicted octanol–water partition coefficient (Wildman–Crippen LogP) is 4.99. The number of hydrogen-bond donors (Lipinski definition) is 0. The molecule has 0 aliphatic heterocycles. The lowest BCUT2D eigenvalue weighted by atomic mass is 10.2. The third-order valence-corrected chi connectivity index (χ3v) is 5.07. The van der Waals surface area contributed by atoms with Crippen molar-refractivity contribution in [2.45, 2.75) is 38.6 Å². The number of benzene rings is 2.